The maximum Gasteiger partial charge on any atom is 0.142 e. The van der Waals surface area contributed by atoms with Crippen molar-refractivity contribution < 1.29 is 4.74 Å². The third-order valence-corrected chi connectivity index (χ3v) is 6.96. The highest BCUT2D eigenvalue weighted by atomic mass is 16.5. The molecule has 1 aromatic rings. The fraction of sp³-hybridized carbons (Fsp3) is 0.684. The van der Waals surface area contributed by atoms with Crippen molar-refractivity contribution in [3.8, 4) is 5.75 Å². The van der Waals surface area contributed by atoms with Gasteiger partial charge in [-0.2, -0.15) is 0 Å². The van der Waals surface area contributed by atoms with E-state index < -0.39 is 0 Å². The molecule has 112 valence electrons. The van der Waals surface area contributed by atoms with Gasteiger partial charge in [0, 0.05) is 12.5 Å². The van der Waals surface area contributed by atoms with E-state index in [0.717, 1.165) is 36.0 Å². The van der Waals surface area contributed by atoms with Crippen molar-refractivity contribution in [2.24, 2.45) is 23.2 Å². The Morgan fingerprint density at radius 1 is 1.05 bits per heavy atom. The second-order valence-corrected chi connectivity index (χ2v) is 8.14. The molecule has 1 unspecified atom stereocenters. The van der Waals surface area contributed by atoms with Gasteiger partial charge in [0.15, 0.2) is 0 Å². The van der Waals surface area contributed by atoms with Crippen molar-refractivity contribution in [3.63, 3.8) is 0 Å². The number of benzene rings is 1. The quantitative estimate of drug-likeness (QED) is 0.867. The lowest BCUT2D eigenvalue weighted by molar-refractivity contribution is -0.0653. The second kappa shape index (κ2) is 4.18. The fourth-order valence-electron chi connectivity index (χ4n) is 6.66. The lowest BCUT2D eigenvalue weighted by Crippen LogP contribution is -2.49. The van der Waals surface area contributed by atoms with Gasteiger partial charge in [0.25, 0.3) is 0 Å². The van der Waals surface area contributed by atoms with E-state index in [1.54, 1.807) is 7.11 Å². The minimum absolute atomic E-state index is 0.597. The van der Waals surface area contributed by atoms with Crippen LogP contribution in [0.3, 0.4) is 0 Å². The zero-order valence-corrected chi connectivity index (χ0v) is 12.9. The maximum atomic E-state index is 5.56. The summed E-state index contributed by atoms with van der Waals surface area (Å²) in [6.07, 6.45) is 9.06. The Labute approximate surface area is 127 Å². The van der Waals surface area contributed by atoms with Gasteiger partial charge in [-0.05, 0) is 73.3 Å². The van der Waals surface area contributed by atoms with Crippen LogP contribution in [0.15, 0.2) is 18.2 Å². The number of rotatable bonds is 2. The van der Waals surface area contributed by atoms with Crippen LogP contribution in [0.4, 0.5) is 5.69 Å². The molecular weight excluding hydrogens is 258 g/mol. The van der Waals surface area contributed by atoms with Crippen molar-refractivity contribution in [2.75, 3.05) is 19.0 Å². The molecule has 2 heteroatoms. The predicted octanol–water partition coefficient (Wildman–Crippen LogP) is 4.42. The Bertz CT molecular complexity index is 544. The first-order valence-corrected chi connectivity index (χ1v) is 8.68. The number of para-hydroxylation sites is 1. The Morgan fingerprint density at radius 3 is 2.33 bits per heavy atom. The summed E-state index contributed by atoms with van der Waals surface area (Å²) in [5.41, 5.74) is 3.41. The first-order chi connectivity index (χ1) is 10.3. The first-order valence-electron chi connectivity index (χ1n) is 8.68. The SMILES string of the molecule is COc1cccc2c1NCC2C12CC3CC(CC(C3)C1)C2. The number of hydrogen-bond acceptors (Lipinski definition) is 2. The Balaban J connectivity index is 1.56. The van der Waals surface area contributed by atoms with Crippen LogP contribution in [-0.2, 0) is 0 Å². The summed E-state index contributed by atoms with van der Waals surface area (Å²) in [5.74, 6) is 4.85. The van der Waals surface area contributed by atoms with Crippen LogP contribution in [0, 0.1) is 23.2 Å². The highest BCUT2D eigenvalue weighted by Crippen LogP contribution is 2.66. The molecule has 21 heavy (non-hydrogen) atoms. The van der Waals surface area contributed by atoms with Crippen LogP contribution in [0.25, 0.3) is 0 Å². The molecule has 0 amide bonds. The van der Waals surface area contributed by atoms with Gasteiger partial charge < -0.3 is 10.1 Å². The van der Waals surface area contributed by atoms with Gasteiger partial charge in [0.05, 0.1) is 12.8 Å². The van der Waals surface area contributed by atoms with Crippen LogP contribution in [-0.4, -0.2) is 13.7 Å². The normalized spacial score (nSPS) is 42.7. The molecule has 1 aliphatic heterocycles. The van der Waals surface area contributed by atoms with E-state index in [1.807, 2.05) is 0 Å². The van der Waals surface area contributed by atoms with E-state index in [-0.39, 0.29) is 0 Å². The van der Waals surface area contributed by atoms with E-state index in [4.69, 9.17) is 4.74 Å². The molecule has 1 atom stereocenters. The van der Waals surface area contributed by atoms with Crippen molar-refractivity contribution in [1.82, 2.24) is 0 Å². The van der Waals surface area contributed by atoms with Crippen molar-refractivity contribution in [1.29, 1.82) is 0 Å². The topological polar surface area (TPSA) is 21.3 Å². The summed E-state index contributed by atoms with van der Waals surface area (Å²) < 4.78 is 5.56. The van der Waals surface area contributed by atoms with Crippen LogP contribution in [0.1, 0.15) is 50.0 Å². The summed E-state index contributed by atoms with van der Waals surface area (Å²) >= 11 is 0. The van der Waals surface area contributed by atoms with E-state index in [1.165, 1.54) is 49.8 Å². The van der Waals surface area contributed by atoms with Gasteiger partial charge in [-0.25, -0.2) is 0 Å². The lowest BCUT2D eigenvalue weighted by atomic mass is 9.46. The molecule has 4 bridgehead atoms. The molecule has 4 saturated carbocycles. The third-order valence-electron chi connectivity index (χ3n) is 6.96. The minimum Gasteiger partial charge on any atom is -0.495 e. The van der Waals surface area contributed by atoms with E-state index in [0.29, 0.717) is 5.41 Å². The summed E-state index contributed by atoms with van der Waals surface area (Å²) in [7, 11) is 1.79. The number of ether oxygens (including phenoxy) is 1. The third kappa shape index (κ3) is 1.65. The first kappa shape index (κ1) is 12.4. The van der Waals surface area contributed by atoms with E-state index >= 15 is 0 Å². The Morgan fingerprint density at radius 2 is 1.71 bits per heavy atom. The molecule has 4 aliphatic carbocycles. The standard InChI is InChI=1S/C19H25NO/c1-21-17-4-2-3-15-16(11-20-18(15)17)19-8-12-5-13(9-19)7-14(6-12)10-19/h2-4,12-14,16,20H,5-11H2,1H3. The second-order valence-electron chi connectivity index (χ2n) is 8.14. The molecule has 0 saturated heterocycles. The molecule has 6 rings (SSSR count). The number of methoxy groups -OCH3 is 1. The van der Waals surface area contributed by atoms with Gasteiger partial charge in [0.1, 0.15) is 5.75 Å². The number of anilines is 1. The van der Waals surface area contributed by atoms with E-state index in [9.17, 15) is 0 Å². The van der Waals surface area contributed by atoms with Crippen molar-refractivity contribution in [2.45, 2.75) is 44.4 Å². The zero-order chi connectivity index (χ0) is 14.0. The molecule has 0 radical (unpaired) electrons. The highest BCUT2D eigenvalue weighted by molar-refractivity contribution is 5.67. The molecule has 0 aromatic heterocycles. The summed E-state index contributed by atoms with van der Waals surface area (Å²) in [4.78, 5) is 0. The summed E-state index contributed by atoms with van der Waals surface area (Å²) in [5, 5.41) is 3.67. The zero-order valence-electron chi connectivity index (χ0n) is 12.9. The molecule has 1 N–H and O–H groups in total. The van der Waals surface area contributed by atoms with Crippen molar-refractivity contribution in [3.05, 3.63) is 23.8 Å². The molecule has 2 nitrogen and oxygen atoms in total. The minimum atomic E-state index is 0.597. The average Bonchev–Trinajstić information content (AvgIpc) is 2.90. The van der Waals surface area contributed by atoms with Crippen molar-refractivity contribution >= 4 is 5.69 Å². The van der Waals surface area contributed by atoms with E-state index in [2.05, 4.69) is 23.5 Å². The molecule has 5 aliphatic rings. The number of nitrogens with one attached hydrogen (secondary N) is 1. The average molecular weight is 283 g/mol. The molecule has 1 aromatic carbocycles. The number of hydrogen-bond donors (Lipinski definition) is 1. The Hall–Kier alpha value is -1.18. The predicted molar refractivity (Wildman–Crippen MR) is 84.8 cm³/mol. The van der Waals surface area contributed by atoms with Gasteiger partial charge in [-0.3, -0.25) is 0 Å². The fourth-order valence-corrected chi connectivity index (χ4v) is 6.66. The van der Waals surface area contributed by atoms with Crippen LogP contribution in [0.5, 0.6) is 5.75 Å². The molecular formula is C19H25NO. The van der Waals surface area contributed by atoms with Crippen LogP contribution in [0.2, 0.25) is 0 Å². The summed E-state index contributed by atoms with van der Waals surface area (Å²) in [6.45, 7) is 1.13. The van der Waals surface area contributed by atoms with Gasteiger partial charge in [0.2, 0.25) is 0 Å². The Kier molecular flexibility index (Phi) is 2.46. The lowest BCUT2D eigenvalue weighted by Gasteiger charge is -2.59. The highest BCUT2D eigenvalue weighted by Gasteiger charge is 2.55. The smallest absolute Gasteiger partial charge is 0.142 e. The van der Waals surface area contributed by atoms with Gasteiger partial charge in [-0.15, -0.1) is 0 Å². The molecule has 0 spiro atoms. The monoisotopic (exact) mass is 283 g/mol. The van der Waals surface area contributed by atoms with Gasteiger partial charge in [-0.1, -0.05) is 12.1 Å². The van der Waals surface area contributed by atoms with Gasteiger partial charge >= 0.3 is 0 Å². The largest absolute Gasteiger partial charge is 0.495 e. The molecule has 1 heterocycles. The summed E-state index contributed by atoms with van der Waals surface area (Å²) in [6, 6.07) is 6.62. The van der Waals surface area contributed by atoms with Crippen LogP contribution >= 0.6 is 0 Å². The maximum absolute atomic E-state index is 5.56. The van der Waals surface area contributed by atoms with Crippen LogP contribution < -0.4 is 10.1 Å². The molecule has 4 fully saturated rings. The number of fused-ring (bicyclic) bond motifs is 1.